The van der Waals surface area contributed by atoms with Crippen molar-refractivity contribution in [3.63, 3.8) is 0 Å². The Morgan fingerprint density at radius 2 is 1.36 bits per heavy atom. The summed E-state index contributed by atoms with van der Waals surface area (Å²) in [5, 5.41) is 6.57. The lowest BCUT2D eigenvalue weighted by atomic mass is 10.0. The molecule has 7 rings (SSSR count). The van der Waals surface area contributed by atoms with Gasteiger partial charge in [-0.3, -0.25) is 14.6 Å². The third-order valence-electron chi connectivity index (χ3n) is 10.3. The van der Waals surface area contributed by atoms with Crippen molar-refractivity contribution >= 4 is 24.2 Å². The van der Waals surface area contributed by atoms with Gasteiger partial charge in [0.05, 0.1) is 49.5 Å². The molecule has 4 aromatic rings. The molecule has 0 spiro atoms. The van der Waals surface area contributed by atoms with E-state index in [1.54, 1.807) is 6.92 Å². The van der Waals surface area contributed by atoms with Gasteiger partial charge in [0.15, 0.2) is 5.96 Å². The summed E-state index contributed by atoms with van der Waals surface area (Å²) < 4.78 is 0. The zero-order valence-electron chi connectivity index (χ0n) is 30.7. The van der Waals surface area contributed by atoms with Crippen molar-refractivity contribution in [2.45, 2.75) is 70.6 Å². The SMILES string of the molecule is COO/C=N\[C@@H](C)C(=O)N1CCC[C@H]1c1ncc(-c2ccc(-c3ccc(-c4cnc([C@@H]5CCCN5C(=O)[C@@H](NC5=NCCN5)C(C)C)[nH]4)cc3)cc2)[nH]1. The predicted molar refractivity (Wildman–Crippen MR) is 203 cm³/mol. The van der Waals surface area contributed by atoms with E-state index in [-0.39, 0.29) is 35.9 Å². The monoisotopic (exact) mass is 720 g/mol. The fraction of sp³-hybridized carbons (Fsp3) is 0.436. The van der Waals surface area contributed by atoms with Gasteiger partial charge in [0.1, 0.15) is 23.7 Å². The lowest BCUT2D eigenvalue weighted by Gasteiger charge is -2.30. The number of carbonyl (C=O) groups is 2. The van der Waals surface area contributed by atoms with Crippen molar-refractivity contribution < 1.29 is 19.4 Å². The first-order valence-electron chi connectivity index (χ1n) is 18.5. The van der Waals surface area contributed by atoms with E-state index < -0.39 is 6.04 Å². The summed E-state index contributed by atoms with van der Waals surface area (Å²) in [6, 6.07) is 15.6. The summed E-state index contributed by atoms with van der Waals surface area (Å²) in [4.78, 5) is 64.8. The highest BCUT2D eigenvalue weighted by molar-refractivity contribution is 5.90. The normalized spacial score (nSPS) is 19.8. The first-order valence-corrected chi connectivity index (χ1v) is 18.5. The van der Waals surface area contributed by atoms with Gasteiger partial charge >= 0.3 is 0 Å². The minimum absolute atomic E-state index is 0.0751. The number of imidazole rings is 2. The summed E-state index contributed by atoms with van der Waals surface area (Å²) in [6.45, 7) is 8.74. The van der Waals surface area contributed by atoms with E-state index in [9.17, 15) is 9.59 Å². The minimum atomic E-state index is -0.583. The highest BCUT2D eigenvalue weighted by atomic mass is 17.2. The molecule has 0 bridgehead atoms. The first-order chi connectivity index (χ1) is 25.8. The maximum atomic E-state index is 13.8. The maximum absolute atomic E-state index is 13.8. The van der Waals surface area contributed by atoms with Crippen LogP contribution in [-0.4, -0.2) is 99.3 Å². The number of amides is 2. The number of rotatable bonds is 12. The van der Waals surface area contributed by atoms with Crippen molar-refractivity contribution in [2.24, 2.45) is 15.9 Å². The molecule has 3 aliphatic heterocycles. The number of aliphatic imine (C=N–C) groups is 2. The standard InChI is InChI=1S/C39H48N10O4/c1-24(2)34(47-39-40-17-18-41-39)38(51)49-20-6-8-33(49)36-43-22-31(46-36)29-15-11-27(12-16-29)26-9-13-28(14-10-26)30-21-42-35(45-30)32-7-5-19-48(32)37(50)25(3)44-23-53-52-4/h9-16,21-25,32-34H,5-8,17-20H2,1-4H3,(H,42,45)(H,43,46)(H2,40,41,47)/b44-23-/t25-,32-,33-,34-/m0/s1. The summed E-state index contributed by atoms with van der Waals surface area (Å²) in [7, 11) is 1.38. The van der Waals surface area contributed by atoms with Gasteiger partial charge in [-0.25, -0.2) is 15.0 Å². The summed E-state index contributed by atoms with van der Waals surface area (Å²) in [6.07, 6.45) is 8.39. The van der Waals surface area contributed by atoms with Crippen LogP contribution in [0.2, 0.25) is 0 Å². The Morgan fingerprint density at radius 1 is 0.830 bits per heavy atom. The number of aromatic amines is 2. The number of hydrogen-bond donors (Lipinski definition) is 4. The quantitative estimate of drug-likeness (QED) is 0.0685. The van der Waals surface area contributed by atoms with Gasteiger partial charge in [0, 0.05) is 19.6 Å². The third-order valence-corrected chi connectivity index (χ3v) is 10.3. The Morgan fingerprint density at radius 3 is 1.85 bits per heavy atom. The smallest absolute Gasteiger partial charge is 0.247 e. The summed E-state index contributed by atoms with van der Waals surface area (Å²) >= 11 is 0. The van der Waals surface area contributed by atoms with E-state index in [4.69, 9.17) is 9.87 Å². The van der Waals surface area contributed by atoms with Crippen LogP contribution in [0.4, 0.5) is 0 Å². The second-order valence-electron chi connectivity index (χ2n) is 14.1. The van der Waals surface area contributed by atoms with Crippen LogP contribution in [0.3, 0.4) is 0 Å². The van der Waals surface area contributed by atoms with Gasteiger partial charge < -0.3 is 35.3 Å². The van der Waals surface area contributed by atoms with Crippen molar-refractivity contribution in [3.05, 3.63) is 72.6 Å². The van der Waals surface area contributed by atoms with Crippen LogP contribution < -0.4 is 10.6 Å². The molecule has 2 fully saturated rings. The van der Waals surface area contributed by atoms with E-state index in [2.05, 4.69) is 103 Å². The molecule has 0 radical (unpaired) electrons. The van der Waals surface area contributed by atoms with Gasteiger partial charge in [-0.1, -0.05) is 62.4 Å². The molecule has 14 heteroatoms. The van der Waals surface area contributed by atoms with Crippen LogP contribution in [0.1, 0.15) is 70.2 Å². The molecule has 5 heterocycles. The Bertz CT molecular complexity index is 1930. The van der Waals surface area contributed by atoms with Crippen LogP contribution in [0, 0.1) is 5.92 Å². The van der Waals surface area contributed by atoms with Crippen LogP contribution in [0.25, 0.3) is 33.6 Å². The molecule has 2 amide bonds. The average Bonchev–Trinajstić information content (AvgIpc) is 4.03. The van der Waals surface area contributed by atoms with Crippen LogP contribution in [-0.2, 0) is 19.4 Å². The number of hydrogen-bond acceptors (Lipinski definition) is 10. The molecule has 4 atom stereocenters. The number of nitrogens with zero attached hydrogens (tertiary/aromatic N) is 6. The largest absolute Gasteiger partial charge is 0.355 e. The number of aromatic nitrogens is 4. The molecule has 53 heavy (non-hydrogen) atoms. The Kier molecular flexibility index (Phi) is 10.9. The third kappa shape index (κ3) is 7.82. The van der Waals surface area contributed by atoms with Crippen molar-refractivity contribution in [1.29, 1.82) is 0 Å². The molecule has 3 aliphatic rings. The first kappa shape index (κ1) is 35.9. The van der Waals surface area contributed by atoms with Crippen LogP contribution >= 0.6 is 0 Å². The molecular weight excluding hydrogens is 672 g/mol. The second-order valence-corrected chi connectivity index (χ2v) is 14.1. The number of likely N-dealkylation sites (tertiary alicyclic amines) is 2. The van der Waals surface area contributed by atoms with E-state index >= 15 is 0 Å². The number of H-pyrrole nitrogens is 2. The summed E-state index contributed by atoms with van der Waals surface area (Å²) in [5.41, 5.74) is 6.05. The molecule has 4 N–H and O–H groups in total. The zero-order chi connectivity index (χ0) is 36.9. The second kappa shape index (κ2) is 16.0. The maximum Gasteiger partial charge on any atom is 0.247 e. The highest BCUT2D eigenvalue weighted by Crippen LogP contribution is 2.35. The lowest BCUT2D eigenvalue weighted by molar-refractivity contribution is -0.188. The molecule has 2 aromatic heterocycles. The fourth-order valence-corrected chi connectivity index (χ4v) is 7.42. The minimum Gasteiger partial charge on any atom is -0.355 e. The zero-order valence-corrected chi connectivity index (χ0v) is 30.7. The van der Waals surface area contributed by atoms with Crippen molar-refractivity contribution in [3.8, 4) is 33.6 Å². The Hall–Kier alpha value is -5.50. The van der Waals surface area contributed by atoms with Gasteiger partial charge in [0.25, 0.3) is 0 Å². The molecule has 14 nitrogen and oxygen atoms in total. The summed E-state index contributed by atoms with van der Waals surface area (Å²) in [5.74, 6) is 2.41. The van der Waals surface area contributed by atoms with Crippen molar-refractivity contribution in [1.82, 2.24) is 40.4 Å². The van der Waals surface area contributed by atoms with Crippen LogP contribution in [0.15, 0.2) is 70.9 Å². The van der Waals surface area contributed by atoms with E-state index in [1.165, 1.54) is 7.11 Å². The number of nitrogens with one attached hydrogen (secondary N) is 4. The molecule has 2 saturated heterocycles. The molecule has 2 aromatic carbocycles. The average molecular weight is 721 g/mol. The van der Waals surface area contributed by atoms with Gasteiger partial charge in [-0.05, 0) is 60.8 Å². The number of benzene rings is 2. The van der Waals surface area contributed by atoms with Crippen molar-refractivity contribution in [2.75, 3.05) is 33.3 Å². The Labute approximate surface area is 309 Å². The molecule has 0 aliphatic carbocycles. The van der Waals surface area contributed by atoms with Gasteiger partial charge in [0.2, 0.25) is 18.2 Å². The highest BCUT2D eigenvalue weighted by Gasteiger charge is 2.37. The van der Waals surface area contributed by atoms with Gasteiger partial charge in [-0.2, -0.15) is 4.89 Å². The van der Waals surface area contributed by atoms with Crippen LogP contribution in [0.5, 0.6) is 0 Å². The number of carbonyl (C=O) groups excluding carboxylic acids is 2. The Balaban J connectivity index is 0.989. The lowest BCUT2D eigenvalue weighted by Crippen LogP contribution is -2.53. The molecule has 0 unspecified atom stereocenters. The molecule has 0 saturated carbocycles. The van der Waals surface area contributed by atoms with E-state index in [0.29, 0.717) is 19.0 Å². The number of guanidine groups is 1. The predicted octanol–water partition coefficient (Wildman–Crippen LogP) is 5.03. The van der Waals surface area contributed by atoms with E-state index in [1.807, 2.05) is 22.2 Å². The fourth-order valence-electron chi connectivity index (χ4n) is 7.42. The topological polar surface area (TPSA) is 165 Å². The van der Waals surface area contributed by atoms with E-state index in [0.717, 1.165) is 90.5 Å². The molecule has 278 valence electrons. The van der Waals surface area contributed by atoms with Gasteiger partial charge in [-0.15, -0.1) is 0 Å². The molecular formula is C39H48N10O4.